The van der Waals surface area contributed by atoms with Crippen molar-refractivity contribution in [2.45, 2.75) is 32.7 Å². The van der Waals surface area contributed by atoms with E-state index in [1.807, 2.05) is 0 Å². The van der Waals surface area contributed by atoms with Crippen molar-refractivity contribution >= 4 is 24.8 Å². The van der Waals surface area contributed by atoms with Gasteiger partial charge in [0, 0.05) is 5.54 Å². The van der Waals surface area contributed by atoms with Crippen LogP contribution in [0.3, 0.4) is 0 Å². The van der Waals surface area contributed by atoms with Crippen LogP contribution in [0.25, 0.3) is 0 Å². The van der Waals surface area contributed by atoms with E-state index in [4.69, 9.17) is 5.84 Å². The van der Waals surface area contributed by atoms with Crippen LogP contribution in [-0.2, 0) is 0 Å². The van der Waals surface area contributed by atoms with Crippen molar-refractivity contribution < 1.29 is 0 Å². The van der Waals surface area contributed by atoms with Crippen molar-refractivity contribution in [3.63, 3.8) is 0 Å². The van der Waals surface area contributed by atoms with Crippen LogP contribution in [0.2, 0.25) is 0 Å². The fourth-order valence-electron chi connectivity index (χ4n) is 0.102. The molecule has 0 unspecified atom stereocenters. The van der Waals surface area contributed by atoms with Gasteiger partial charge in [-0.25, -0.2) is 0 Å². The quantitative estimate of drug-likeness (QED) is 0.492. The Hall–Kier alpha value is 0.500. The van der Waals surface area contributed by atoms with E-state index in [2.05, 4.69) is 26.2 Å². The summed E-state index contributed by atoms with van der Waals surface area (Å²) in [5, 5.41) is 0. The molecule has 0 saturated carbocycles. The Labute approximate surface area is 69.4 Å². The summed E-state index contributed by atoms with van der Waals surface area (Å²) in [6, 6.07) is 0. The summed E-state index contributed by atoms with van der Waals surface area (Å²) in [7, 11) is 0. The predicted octanol–water partition coefficient (Wildman–Crippen LogP) is 1.48. The van der Waals surface area contributed by atoms with Gasteiger partial charge in [-0.05, 0) is 20.3 Å². The molecule has 0 bridgehead atoms. The van der Waals surface area contributed by atoms with Crippen molar-refractivity contribution in [1.82, 2.24) is 5.43 Å². The molecule has 2 nitrogen and oxygen atoms in total. The van der Waals surface area contributed by atoms with Crippen LogP contribution in [-0.4, -0.2) is 5.54 Å². The Balaban J connectivity index is -0.000000180. The molecule has 0 aliphatic carbocycles. The lowest BCUT2D eigenvalue weighted by molar-refractivity contribution is 0.385. The first kappa shape index (κ1) is 16.2. The van der Waals surface area contributed by atoms with Gasteiger partial charge in [0.2, 0.25) is 0 Å². The Morgan fingerprint density at radius 1 is 1.33 bits per heavy atom. The minimum Gasteiger partial charge on any atom is -0.271 e. The van der Waals surface area contributed by atoms with Crippen molar-refractivity contribution in [3.8, 4) is 0 Å². The van der Waals surface area contributed by atoms with Crippen LogP contribution in [0.1, 0.15) is 27.2 Å². The van der Waals surface area contributed by atoms with E-state index >= 15 is 0 Å². The number of nitrogens with one attached hydrogen (secondary N) is 1. The Kier molecular flexibility index (Phi) is 11.9. The second-order valence-corrected chi connectivity index (χ2v) is 2.38. The second kappa shape index (κ2) is 6.62. The number of hydrazine groups is 1. The standard InChI is InChI=1S/C5H14N2.2ClH/c1-4-5(2,3)7-6;;/h7H,4,6H2,1-3H3;2*1H. The lowest BCUT2D eigenvalue weighted by Gasteiger charge is -2.20. The van der Waals surface area contributed by atoms with Gasteiger partial charge in [-0.2, -0.15) is 0 Å². The lowest BCUT2D eigenvalue weighted by Crippen LogP contribution is -2.43. The molecule has 0 aliphatic heterocycles. The Morgan fingerprint density at radius 2 is 1.67 bits per heavy atom. The summed E-state index contributed by atoms with van der Waals surface area (Å²) >= 11 is 0. The van der Waals surface area contributed by atoms with Gasteiger partial charge in [0.1, 0.15) is 0 Å². The van der Waals surface area contributed by atoms with Gasteiger partial charge in [-0.15, -0.1) is 24.8 Å². The summed E-state index contributed by atoms with van der Waals surface area (Å²) in [6.45, 7) is 6.22. The first-order chi connectivity index (χ1) is 3.12. The molecular weight excluding hydrogens is 159 g/mol. The number of hydrogen-bond donors (Lipinski definition) is 2. The summed E-state index contributed by atoms with van der Waals surface area (Å²) < 4.78 is 0. The Bertz CT molecular complexity index is 50.9. The molecule has 0 aliphatic rings. The normalized spacial score (nSPS) is 9.33. The third-order valence-electron chi connectivity index (χ3n) is 1.27. The van der Waals surface area contributed by atoms with E-state index in [1.165, 1.54) is 0 Å². The molecule has 0 spiro atoms. The van der Waals surface area contributed by atoms with Gasteiger partial charge in [-0.3, -0.25) is 11.3 Å². The van der Waals surface area contributed by atoms with Crippen LogP contribution in [0.5, 0.6) is 0 Å². The van der Waals surface area contributed by atoms with E-state index in [-0.39, 0.29) is 30.4 Å². The topological polar surface area (TPSA) is 38.0 Å². The molecule has 0 atom stereocenters. The average Bonchev–Trinajstić information content (AvgIpc) is 1.68. The van der Waals surface area contributed by atoms with Gasteiger partial charge >= 0.3 is 0 Å². The van der Waals surface area contributed by atoms with Crippen LogP contribution >= 0.6 is 24.8 Å². The first-order valence-electron chi connectivity index (χ1n) is 2.60. The first-order valence-corrected chi connectivity index (χ1v) is 2.60. The minimum absolute atomic E-state index is 0. The highest BCUT2D eigenvalue weighted by Crippen LogP contribution is 2.02. The molecule has 0 fully saturated rings. The molecule has 0 heterocycles. The number of halogens is 2. The monoisotopic (exact) mass is 174 g/mol. The van der Waals surface area contributed by atoms with Crippen LogP contribution in [0.4, 0.5) is 0 Å². The summed E-state index contributed by atoms with van der Waals surface area (Å²) in [6.07, 6.45) is 1.06. The lowest BCUT2D eigenvalue weighted by atomic mass is 10.0. The highest BCUT2D eigenvalue weighted by molar-refractivity contribution is 5.85. The van der Waals surface area contributed by atoms with E-state index in [1.54, 1.807) is 0 Å². The van der Waals surface area contributed by atoms with E-state index in [0.29, 0.717) is 0 Å². The molecule has 0 radical (unpaired) electrons. The van der Waals surface area contributed by atoms with Gasteiger partial charge < -0.3 is 0 Å². The van der Waals surface area contributed by atoms with E-state index in [0.717, 1.165) is 6.42 Å². The van der Waals surface area contributed by atoms with Crippen LogP contribution in [0, 0.1) is 0 Å². The smallest absolute Gasteiger partial charge is 0.0262 e. The fraction of sp³-hybridized carbons (Fsp3) is 1.00. The van der Waals surface area contributed by atoms with Crippen molar-refractivity contribution in [1.29, 1.82) is 0 Å². The van der Waals surface area contributed by atoms with Gasteiger partial charge in [0.25, 0.3) is 0 Å². The molecule has 4 heteroatoms. The fourth-order valence-corrected chi connectivity index (χ4v) is 0.102. The molecule has 9 heavy (non-hydrogen) atoms. The van der Waals surface area contributed by atoms with Crippen molar-refractivity contribution in [3.05, 3.63) is 0 Å². The summed E-state index contributed by atoms with van der Waals surface area (Å²) in [5.74, 6) is 5.17. The third-order valence-corrected chi connectivity index (χ3v) is 1.27. The highest BCUT2D eigenvalue weighted by Gasteiger charge is 2.09. The number of rotatable bonds is 2. The number of nitrogens with two attached hydrogens (primary N) is 1. The molecule has 0 aromatic heterocycles. The maximum atomic E-state index is 5.17. The summed E-state index contributed by atoms with van der Waals surface area (Å²) in [4.78, 5) is 0. The maximum Gasteiger partial charge on any atom is 0.0262 e. The largest absolute Gasteiger partial charge is 0.271 e. The molecule has 0 aromatic carbocycles. The predicted molar refractivity (Wildman–Crippen MR) is 46.2 cm³/mol. The second-order valence-electron chi connectivity index (χ2n) is 2.38. The van der Waals surface area contributed by atoms with Gasteiger partial charge in [-0.1, -0.05) is 6.92 Å². The molecule has 0 aromatic rings. The van der Waals surface area contributed by atoms with E-state index in [9.17, 15) is 0 Å². The van der Waals surface area contributed by atoms with Gasteiger partial charge in [0.05, 0.1) is 0 Å². The molecule has 0 amide bonds. The van der Waals surface area contributed by atoms with Crippen molar-refractivity contribution in [2.24, 2.45) is 5.84 Å². The number of hydrogen-bond acceptors (Lipinski definition) is 2. The van der Waals surface area contributed by atoms with Crippen LogP contribution < -0.4 is 11.3 Å². The molecule has 0 rings (SSSR count). The van der Waals surface area contributed by atoms with Gasteiger partial charge in [0.15, 0.2) is 0 Å². The molecule has 3 N–H and O–H groups in total. The molecule has 0 saturated heterocycles. The highest BCUT2D eigenvalue weighted by atomic mass is 35.5. The van der Waals surface area contributed by atoms with Crippen LogP contribution in [0.15, 0.2) is 0 Å². The molecular formula is C5H16Cl2N2. The zero-order valence-electron chi connectivity index (χ0n) is 6.10. The third kappa shape index (κ3) is 8.50. The van der Waals surface area contributed by atoms with E-state index < -0.39 is 0 Å². The van der Waals surface area contributed by atoms with Crippen molar-refractivity contribution in [2.75, 3.05) is 0 Å². The maximum absolute atomic E-state index is 5.17. The Morgan fingerprint density at radius 3 is 1.67 bits per heavy atom. The molecule has 60 valence electrons. The minimum atomic E-state index is 0. The zero-order chi connectivity index (χ0) is 5.91. The zero-order valence-corrected chi connectivity index (χ0v) is 7.73. The summed E-state index contributed by atoms with van der Waals surface area (Å²) in [5.41, 5.74) is 2.80. The average molecular weight is 175 g/mol. The SMILES string of the molecule is CCC(C)(C)NN.Cl.Cl.